The molecule has 1 amide bonds. The fourth-order valence-electron chi connectivity index (χ4n) is 3.00. The van der Waals surface area contributed by atoms with E-state index in [0.29, 0.717) is 17.5 Å². The molecule has 0 aliphatic rings. The van der Waals surface area contributed by atoms with Crippen molar-refractivity contribution >= 4 is 23.0 Å². The van der Waals surface area contributed by atoms with E-state index in [1.165, 1.54) is 4.57 Å². The average Bonchev–Trinajstić information content (AvgIpc) is 3.01. The topological polar surface area (TPSA) is 90.5 Å². The van der Waals surface area contributed by atoms with Crippen molar-refractivity contribution in [2.24, 2.45) is 5.92 Å². The SMILES string of the molecule is CCOC(=O)C(CNC(=O)Cn1c(=O)oc2ccccc21)Cc1ccccc1. The molecule has 0 bridgehead atoms. The predicted molar refractivity (Wildman–Crippen MR) is 104 cm³/mol. The van der Waals surface area contributed by atoms with Crippen LogP contribution in [-0.4, -0.2) is 29.6 Å². The lowest BCUT2D eigenvalue weighted by Crippen LogP contribution is -2.37. The van der Waals surface area contributed by atoms with Gasteiger partial charge in [0.2, 0.25) is 5.91 Å². The number of aromatic nitrogens is 1. The number of hydrogen-bond donors (Lipinski definition) is 1. The van der Waals surface area contributed by atoms with E-state index >= 15 is 0 Å². The van der Waals surface area contributed by atoms with Gasteiger partial charge in [-0.25, -0.2) is 4.79 Å². The Hall–Kier alpha value is -3.35. The minimum atomic E-state index is -0.595. The molecule has 0 aliphatic heterocycles. The Kier molecular flexibility index (Phi) is 6.26. The second kappa shape index (κ2) is 9.03. The standard InChI is InChI=1S/C21H22N2O5/c1-2-27-20(25)16(12-15-8-4-3-5-9-15)13-22-19(24)14-23-17-10-6-7-11-18(17)28-21(23)26/h3-11,16H,2,12-14H2,1H3,(H,22,24). The average molecular weight is 382 g/mol. The number of oxazole rings is 1. The molecule has 3 aromatic rings. The van der Waals surface area contributed by atoms with Crippen LogP contribution in [0.1, 0.15) is 12.5 Å². The van der Waals surface area contributed by atoms with Crippen LogP contribution in [0.4, 0.5) is 0 Å². The van der Waals surface area contributed by atoms with Gasteiger partial charge in [-0.05, 0) is 31.0 Å². The lowest BCUT2D eigenvalue weighted by Gasteiger charge is -2.16. The van der Waals surface area contributed by atoms with Gasteiger partial charge in [0, 0.05) is 6.54 Å². The van der Waals surface area contributed by atoms with Crippen LogP contribution in [0.25, 0.3) is 11.1 Å². The quantitative estimate of drug-likeness (QED) is 0.603. The number of fused-ring (bicyclic) bond motifs is 1. The predicted octanol–water partition coefficient (Wildman–Crippen LogP) is 2.13. The van der Waals surface area contributed by atoms with Gasteiger partial charge in [0.1, 0.15) is 6.54 Å². The van der Waals surface area contributed by atoms with Crippen LogP contribution in [0.3, 0.4) is 0 Å². The summed E-state index contributed by atoms with van der Waals surface area (Å²) in [4.78, 5) is 36.6. The maximum atomic E-state index is 12.4. The number of carbonyl (C=O) groups excluding carboxylic acids is 2. The highest BCUT2D eigenvalue weighted by molar-refractivity contribution is 5.80. The van der Waals surface area contributed by atoms with E-state index in [-0.39, 0.29) is 31.6 Å². The Morgan fingerprint density at radius 2 is 1.82 bits per heavy atom. The second-order valence-corrected chi connectivity index (χ2v) is 6.36. The highest BCUT2D eigenvalue weighted by Gasteiger charge is 2.22. The Morgan fingerprint density at radius 3 is 2.57 bits per heavy atom. The molecule has 2 aromatic carbocycles. The molecule has 0 fully saturated rings. The highest BCUT2D eigenvalue weighted by atomic mass is 16.5. The molecule has 28 heavy (non-hydrogen) atoms. The van der Waals surface area contributed by atoms with E-state index in [1.54, 1.807) is 31.2 Å². The molecule has 7 heteroatoms. The lowest BCUT2D eigenvalue weighted by molar-refractivity contribution is -0.147. The van der Waals surface area contributed by atoms with Gasteiger partial charge in [0.05, 0.1) is 18.0 Å². The molecule has 0 saturated carbocycles. The fraction of sp³-hybridized carbons (Fsp3) is 0.286. The third-order valence-corrected chi connectivity index (χ3v) is 4.37. The molecule has 1 atom stereocenters. The molecular formula is C21H22N2O5. The van der Waals surface area contributed by atoms with Crippen molar-refractivity contribution in [3.63, 3.8) is 0 Å². The van der Waals surface area contributed by atoms with Gasteiger partial charge in [-0.15, -0.1) is 0 Å². The number of nitrogens with zero attached hydrogens (tertiary/aromatic N) is 1. The molecule has 1 N–H and O–H groups in total. The number of nitrogens with one attached hydrogen (secondary N) is 1. The number of para-hydroxylation sites is 2. The lowest BCUT2D eigenvalue weighted by atomic mass is 9.99. The van der Waals surface area contributed by atoms with Gasteiger partial charge >= 0.3 is 11.7 Å². The van der Waals surface area contributed by atoms with Crippen molar-refractivity contribution in [2.45, 2.75) is 19.9 Å². The first kappa shape index (κ1) is 19.4. The number of carbonyl (C=O) groups is 2. The van der Waals surface area contributed by atoms with E-state index < -0.39 is 11.7 Å². The fourth-order valence-corrected chi connectivity index (χ4v) is 3.00. The molecular weight excluding hydrogens is 360 g/mol. The first-order valence-corrected chi connectivity index (χ1v) is 9.14. The van der Waals surface area contributed by atoms with Crippen molar-refractivity contribution in [3.05, 3.63) is 70.7 Å². The molecule has 3 rings (SSSR count). The minimum absolute atomic E-state index is 0.122. The van der Waals surface area contributed by atoms with Crippen molar-refractivity contribution in [1.82, 2.24) is 9.88 Å². The summed E-state index contributed by atoms with van der Waals surface area (Å²) < 4.78 is 11.5. The van der Waals surface area contributed by atoms with Crippen molar-refractivity contribution in [2.75, 3.05) is 13.2 Å². The van der Waals surface area contributed by atoms with E-state index in [9.17, 15) is 14.4 Å². The summed E-state index contributed by atoms with van der Waals surface area (Å²) in [7, 11) is 0. The number of benzene rings is 2. The number of hydrogen-bond acceptors (Lipinski definition) is 5. The van der Waals surface area contributed by atoms with Crippen LogP contribution < -0.4 is 11.1 Å². The summed E-state index contributed by atoms with van der Waals surface area (Å²) in [5.41, 5.74) is 1.95. The maximum Gasteiger partial charge on any atom is 0.420 e. The highest BCUT2D eigenvalue weighted by Crippen LogP contribution is 2.12. The Bertz CT molecular complexity index is 1010. The van der Waals surface area contributed by atoms with Crippen molar-refractivity contribution in [1.29, 1.82) is 0 Å². The first-order chi connectivity index (χ1) is 13.6. The molecule has 0 aliphatic carbocycles. The zero-order valence-electron chi connectivity index (χ0n) is 15.6. The summed E-state index contributed by atoms with van der Waals surface area (Å²) in [5, 5.41) is 2.73. The molecule has 0 spiro atoms. The molecule has 1 unspecified atom stereocenters. The van der Waals surface area contributed by atoms with Gasteiger partial charge in [0.25, 0.3) is 0 Å². The number of rotatable bonds is 8. The van der Waals surface area contributed by atoms with Crippen molar-refractivity contribution < 1.29 is 18.7 Å². The molecule has 1 heterocycles. The summed E-state index contributed by atoms with van der Waals surface area (Å²) in [6.07, 6.45) is 0.453. The summed E-state index contributed by atoms with van der Waals surface area (Å²) in [6.45, 7) is 1.95. The molecule has 0 radical (unpaired) electrons. The summed E-state index contributed by atoms with van der Waals surface area (Å²) in [5.74, 6) is -1.85. The zero-order valence-corrected chi connectivity index (χ0v) is 15.6. The van der Waals surface area contributed by atoms with Gasteiger partial charge in [-0.2, -0.15) is 0 Å². The largest absolute Gasteiger partial charge is 0.466 e. The normalized spacial score (nSPS) is 11.9. The van der Waals surface area contributed by atoms with E-state index in [1.807, 2.05) is 30.3 Å². The van der Waals surface area contributed by atoms with Crippen molar-refractivity contribution in [3.8, 4) is 0 Å². The molecule has 7 nitrogen and oxygen atoms in total. The van der Waals surface area contributed by atoms with E-state index in [0.717, 1.165) is 5.56 Å². The summed E-state index contributed by atoms with van der Waals surface area (Å²) >= 11 is 0. The summed E-state index contributed by atoms with van der Waals surface area (Å²) in [6, 6.07) is 16.4. The van der Waals surface area contributed by atoms with Gasteiger partial charge in [0.15, 0.2) is 5.58 Å². The maximum absolute atomic E-state index is 12.4. The Balaban J connectivity index is 1.66. The first-order valence-electron chi connectivity index (χ1n) is 9.14. The third-order valence-electron chi connectivity index (χ3n) is 4.37. The number of ether oxygens (including phenoxy) is 1. The number of amides is 1. The smallest absolute Gasteiger partial charge is 0.420 e. The van der Waals surface area contributed by atoms with Gasteiger partial charge < -0.3 is 14.5 Å². The van der Waals surface area contributed by atoms with Crippen LogP contribution in [0.5, 0.6) is 0 Å². The second-order valence-electron chi connectivity index (χ2n) is 6.36. The van der Waals surface area contributed by atoms with E-state index in [4.69, 9.17) is 9.15 Å². The Morgan fingerprint density at radius 1 is 1.11 bits per heavy atom. The van der Waals surface area contributed by atoms with Crippen LogP contribution in [0.15, 0.2) is 63.8 Å². The number of esters is 1. The monoisotopic (exact) mass is 382 g/mol. The minimum Gasteiger partial charge on any atom is -0.466 e. The Labute approximate surface area is 161 Å². The van der Waals surface area contributed by atoms with Crippen LogP contribution in [-0.2, 0) is 27.3 Å². The zero-order chi connectivity index (χ0) is 19.9. The van der Waals surface area contributed by atoms with Crippen LogP contribution >= 0.6 is 0 Å². The van der Waals surface area contributed by atoms with E-state index in [2.05, 4.69) is 5.32 Å². The van der Waals surface area contributed by atoms with Crippen LogP contribution in [0.2, 0.25) is 0 Å². The van der Waals surface area contributed by atoms with Gasteiger partial charge in [-0.1, -0.05) is 42.5 Å². The molecule has 0 saturated heterocycles. The van der Waals surface area contributed by atoms with Crippen LogP contribution in [0, 0.1) is 5.92 Å². The third kappa shape index (κ3) is 4.68. The molecule has 146 valence electrons. The van der Waals surface area contributed by atoms with Gasteiger partial charge in [-0.3, -0.25) is 14.2 Å². The molecule has 1 aromatic heterocycles.